The van der Waals surface area contributed by atoms with Crippen molar-refractivity contribution in [2.45, 2.75) is 124 Å². The molecule has 0 spiro atoms. The van der Waals surface area contributed by atoms with Crippen LogP contribution in [-0.2, 0) is 14.2 Å². The third-order valence-electron chi connectivity index (χ3n) is 4.80. The molecule has 0 aromatic rings. The fourth-order valence-electron chi connectivity index (χ4n) is 3.31. The number of hydrogen-bond acceptors (Lipinski definition) is 3. The Balaban J connectivity index is 4.89. The molecular weight excluding hydrogens is 324 g/mol. The van der Waals surface area contributed by atoms with Gasteiger partial charge in [0.2, 0.25) is 0 Å². The number of hydrogen-bond donors (Lipinski definition) is 0. The Kier molecular flexibility index (Phi) is 18.2. The Morgan fingerprint density at radius 2 is 1.00 bits per heavy atom. The van der Waals surface area contributed by atoms with E-state index in [9.17, 15) is 0 Å². The minimum Gasteiger partial charge on any atom is -0.327 e. The van der Waals surface area contributed by atoms with Crippen molar-refractivity contribution in [2.75, 3.05) is 19.8 Å². The maximum atomic E-state index is 6.19. The summed E-state index contributed by atoms with van der Waals surface area (Å²) in [6.07, 6.45) is 15.6. The molecule has 3 heteroatoms. The quantitative estimate of drug-likeness (QED) is 0.164. The van der Waals surface area contributed by atoms with E-state index in [1.807, 2.05) is 0 Å². The lowest BCUT2D eigenvalue weighted by molar-refractivity contribution is -0.387. The summed E-state index contributed by atoms with van der Waals surface area (Å²) in [6, 6.07) is 0. The highest BCUT2D eigenvalue weighted by Gasteiger charge is 2.36. The standard InChI is InChI=1S/C23H48O3/c1-6-11-13-14-15-17-22(16-12-7-2)21-23(24-18-8-3,25-19-9-4)26-20-10-5/h22H,6-21H2,1-5H3. The SMILES string of the molecule is CCCCCCCC(CCCC)CC(OCCC)(OCCC)OCCC. The summed E-state index contributed by atoms with van der Waals surface area (Å²) in [5.74, 6) is -0.203. The molecule has 0 N–H and O–H groups in total. The molecule has 0 heterocycles. The van der Waals surface area contributed by atoms with Gasteiger partial charge in [-0.05, 0) is 25.2 Å². The first-order chi connectivity index (χ1) is 12.7. The molecule has 0 radical (unpaired) electrons. The van der Waals surface area contributed by atoms with E-state index in [0.717, 1.165) is 25.7 Å². The summed E-state index contributed by atoms with van der Waals surface area (Å²) in [7, 11) is 0. The molecule has 0 aliphatic carbocycles. The van der Waals surface area contributed by atoms with Crippen molar-refractivity contribution in [1.29, 1.82) is 0 Å². The minimum absolute atomic E-state index is 0.627. The van der Waals surface area contributed by atoms with Gasteiger partial charge in [-0.3, -0.25) is 0 Å². The van der Waals surface area contributed by atoms with E-state index in [4.69, 9.17) is 14.2 Å². The maximum Gasteiger partial charge on any atom is 0.283 e. The van der Waals surface area contributed by atoms with E-state index in [-0.39, 0.29) is 0 Å². The average molecular weight is 373 g/mol. The highest BCUT2D eigenvalue weighted by Crippen LogP contribution is 2.32. The van der Waals surface area contributed by atoms with Crippen LogP contribution in [-0.4, -0.2) is 25.8 Å². The van der Waals surface area contributed by atoms with Crippen molar-refractivity contribution < 1.29 is 14.2 Å². The molecule has 0 aromatic heterocycles. The molecule has 1 atom stereocenters. The van der Waals surface area contributed by atoms with Gasteiger partial charge in [-0.15, -0.1) is 0 Å². The van der Waals surface area contributed by atoms with Crippen molar-refractivity contribution in [3.8, 4) is 0 Å². The van der Waals surface area contributed by atoms with Gasteiger partial charge in [0.1, 0.15) is 0 Å². The first kappa shape index (κ1) is 25.9. The van der Waals surface area contributed by atoms with Crippen LogP contribution in [0.25, 0.3) is 0 Å². The lowest BCUT2D eigenvalue weighted by Gasteiger charge is -2.36. The van der Waals surface area contributed by atoms with Gasteiger partial charge < -0.3 is 14.2 Å². The zero-order valence-electron chi connectivity index (χ0n) is 18.6. The fourth-order valence-corrected chi connectivity index (χ4v) is 3.31. The monoisotopic (exact) mass is 372 g/mol. The molecule has 0 saturated carbocycles. The second kappa shape index (κ2) is 18.3. The summed E-state index contributed by atoms with van der Waals surface area (Å²) in [4.78, 5) is 0. The number of ether oxygens (including phenoxy) is 3. The smallest absolute Gasteiger partial charge is 0.283 e. The number of rotatable bonds is 20. The number of unbranched alkanes of at least 4 members (excludes halogenated alkanes) is 5. The van der Waals surface area contributed by atoms with E-state index in [1.165, 1.54) is 57.8 Å². The molecule has 0 aromatic carbocycles. The van der Waals surface area contributed by atoms with Gasteiger partial charge in [0, 0.05) is 6.42 Å². The third-order valence-corrected chi connectivity index (χ3v) is 4.80. The van der Waals surface area contributed by atoms with Crippen molar-refractivity contribution in [3.63, 3.8) is 0 Å². The first-order valence-corrected chi connectivity index (χ1v) is 11.6. The highest BCUT2D eigenvalue weighted by atomic mass is 16.9. The Bertz CT molecular complexity index is 259. The molecule has 0 saturated heterocycles. The molecule has 0 aliphatic rings. The van der Waals surface area contributed by atoms with Crippen molar-refractivity contribution in [3.05, 3.63) is 0 Å². The van der Waals surface area contributed by atoms with Gasteiger partial charge in [0.15, 0.2) is 0 Å². The molecule has 26 heavy (non-hydrogen) atoms. The van der Waals surface area contributed by atoms with Gasteiger partial charge in [-0.2, -0.15) is 0 Å². The zero-order chi connectivity index (χ0) is 19.5. The van der Waals surface area contributed by atoms with Crippen LogP contribution in [0.4, 0.5) is 0 Å². The third kappa shape index (κ3) is 13.1. The van der Waals surface area contributed by atoms with E-state index in [2.05, 4.69) is 34.6 Å². The van der Waals surface area contributed by atoms with Crippen LogP contribution in [0.15, 0.2) is 0 Å². The predicted molar refractivity (Wildman–Crippen MR) is 112 cm³/mol. The van der Waals surface area contributed by atoms with Crippen LogP contribution in [0.3, 0.4) is 0 Å². The summed E-state index contributed by atoms with van der Waals surface area (Å²) in [5, 5.41) is 0. The summed E-state index contributed by atoms with van der Waals surface area (Å²) in [6.45, 7) is 13.1. The second-order valence-corrected chi connectivity index (χ2v) is 7.64. The lowest BCUT2D eigenvalue weighted by atomic mass is 9.91. The Labute approximate surface area is 164 Å². The molecule has 158 valence electrons. The average Bonchev–Trinajstić information content (AvgIpc) is 2.66. The van der Waals surface area contributed by atoms with Crippen molar-refractivity contribution in [2.24, 2.45) is 5.92 Å². The zero-order valence-corrected chi connectivity index (χ0v) is 18.6. The first-order valence-electron chi connectivity index (χ1n) is 11.6. The Hall–Kier alpha value is -0.120. The molecule has 0 rings (SSSR count). The van der Waals surface area contributed by atoms with Gasteiger partial charge in [-0.25, -0.2) is 0 Å². The molecule has 0 fully saturated rings. The van der Waals surface area contributed by atoms with Crippen LogP contribution in [0.2, 0.25) is 0 Å². The van der Waals surface area contributed by atoms with Gasteiger partial charge in [0.25, 0.3) is 5.97 Å². The summed E-state index contributed by atoms with van der Waals surface area (Å²) < 4.78 is 18.6. The summed E-state index contributed by atoms with van der Waals surface area (Å²) in [5.41, 5.74) is 0. The molecule has 3 nitrogen and oxygen atoms in total. The van der Waals surface area contributed by atoms with Crippen LogP contribution in [0.5, 0.6) is 0 Å². The molecular formula is C23H48O3. The Morgan fingerprint density at radius 3 is 1.46 bits per heavy atom. The van der Waals surface area contributed by atoms with Crippen LogP contribution in [0.1, 0.15) is 118 Å². The van der Waals surface area contributed by atoms with Crippen LogP contribution < -0.4 is 0 Å². The highest BCUT2D eigenvalue weighted by molar-refractivity contribution is 4.69. The Morgan fingerprint density at radius 1 is 0.538 bits per heavy atom. The van der Waals surface area contributed by atoms with E-state index < -0.39 is 5.97 Å². The van der Waals surface area contributed by atoms with Crippen molar-refractivity contribution in [1.82, 2.24) is 0 Å². The van der Waals surface area contributed by atoms with E-state index in [1.54, 1.807) is 0 Å². The minimum atomic E-state index is -0.830. The van der Waals surface area contributed by atoms with E-state index in [0.29, 0.717) is 25.7 Å². The van der Waals surface area contributed by atoms with Crippen LogP contribution in [0, 0.1) is 5.92 Å². The topological polar surface area (TPSA) is 27.7 Å². The molecule has 0 aliphatic heterocycles. The van der Waals surface area contributed by atoms with Crippen molar-refractivity contribution >= 4 is 0 Å². The second-order valence-electron chi connectivity index (χ2n) is 7.64. The van der Waals surface area contributed by atoms with Gasteiger partial charge in [-0.1, -0.05) is 92.4 Å². The van der Waals surface area contributed by atoms with E-state index >= 15 is 0 Å². The van der Waals surface area contributed by atoms with Gasteiger partial charge in [0.05, 0.1) is 19.8 Å². The fraction of sp³-hybridized carbons (Fsp3) is 1.00. The van der Waals surface area contributed by atoms with Crippen LogP contribution >= 0.6 is 0 Å². The summed E-state index contributed by atoms with van der Waals surface area (Å²) >= 11 is 0. The maximum absolute atomic E-state index is 6.19. The van der Waals surface area contributed by atoms with Gasteiger partial charge >= 0.3 is 0 Å². The predicted octanol–water partition coefficient (Wildman–Crippen LogP) is 7.48. The largest absolute Gasteiger partial charge is 0.327 e. The lowest BCUT2D eigenvalue weighted by Crippen LogP contribution is -2.42. The normalized spacial score (nSPS) is 13.3. The molecule has 1 unspecified atom stereocenters. The molecule has 0 bridgehead atoms. The molecule has 0 amide bonds.